The third kappa shape index (κ3) is 7.04. The molecule has 0 aliphatic heterocycles. The van der Waals surface area contributed by atoms with Gasteiger partial charge in [0.1, 0.15) is 0 Å². The Bertz CT molecular complexity index is 2640. The molecule has 4 nitrogen and oxygen atoms in total. The summed E-state index contributed by atoms with van der Waals surface area (Å²) >= 11 is 0. The Labute approximate surface area is 334 Å². The molecule has 0 atom stereocenters. The van der Waals surface area contributed by atoms with Crippen molar-refractivity contribution in [3.8, 4) is 11.3 Å². The maximum Gasteiger partial charge on any atom is 0.171 e. The maximum absolute atomic E-state index is 16.7. The highest BCUT2D eigenvalue weighted by molar-refractivity contribution is 7.85. The predicted molar refractivity (Wildman–Crippen MR) is 241 cm³/mol. The third-order valence-corrected chi connectivity index (χ3v) is 13.5. The average molecular weight is 754 g/mol. The molecule has 0 amide bonds. The van der Waals surface area contributed by atoms with E-state index >= 15 is 4.57 Å². The lowest BCUT2D eigenvalue weighted by atomic mass is 10.0. The Kier molecular flexibility index (Phi) is 9.78. The Morgan fingerprint density at radius 1 is 0.404 bits per heavy atom. The number of para-hydroxylation sites is 4. The monoisotopic (exact) mass is 753 g/mol. The van der Waals surface area contributed by atoms with E-state index in [1.807, 2.05) is 115 Å². The molecule has 8 aromatic carbocycles. The second-order valence-corrected chi connectivity index (χ2v) is 16.8. The van der Waals surface area contributed by atoms with Gasteiger partial charge in [0.15, 0.2) is 7.14 Å². The van der Waals surface area contributed by atoms with Crippen LogP contribution in [0.1, 0.15) is 5.56 Å². The largest absolute Gasteiger partial charge is 0.310 e. The van der Waals surface area contributed by atoms with E-state index in [0.717, 1.165) is 72.1 Å². The third-order valence-electron chi connectivity index (χ3n) is 10.4. The molecule has 1 aromatic heterocycles. The molecule has 9 aromatic rings. The molecular weight excluding hydrogens is 714 g/mol. The van der Waals surface area contributed by atoms with Gasteiger partial charge >= 0.3 is 0 Å². The summed E-state index contributed by atoms with van der Waals surface area (Å²) in [5, 5.41) is 4.45. The second-order valence-electron chi connectivity index (χ2n) is 14.1. The van der Waals surface area contributed by atoms with Crippen molar-refractivity contribution >= 4 is 68.0 Å². The van der Waals surface area contributed by atoms with Crippen LogP contribution in [0.15, 0.2) is 225 Å². The molecule has 0 unspecified atom stereocenters. The summed E-state index contributed by atoms with van der Waals surface area (Å²) in [5.41, 5.74) is 8.82. The van der Waals surface area contributed by atoms with Crippen LogP contribution in [0.25, 0.3) is 22.0 Å². The van der Waals surface area contributed by atoms with Crippen molar-refractivity contribution in [3.05, 3.63) is 230 Å². The number of anilines is 6. The zero-order valence-electron chi connectivity index (χ0n) is 31.6. The molecule has 0 fully saturated rings. The number of hydrogen-bond acceptors (Lipinski definition) is 4. The molecule has 0 radical (unpaired) electrons. The van der Waals surface area contributed by atoms with Crippen LogP contribution < -0.4 is 25.7 Å². The van der Waals surface area contributed by atoms with Crippen LogP contribution in [-0.2, 0) is 4.57 Å². The zero-order valence-corrected chi connectivity index (χ0v) is 32.5. The van der Waals surface area contributed by atoms with E-state index in [1.54, 1.807) is 0 Å². The average Bonchev–Trinajstić information content (AvgIpc) is 3.28. The van der Waals surface area contributed by atoms with Crippen LogP contribution in [0.5, 0.6) is 0 Å². The fourth-order valence-electron chi connectivity index (χ4n) is 7.65. The second kappa shape index (κ2) is 15.6. The minimum Gasteiger partial charge on any atom is -0.310 e. The van der Waals surface area contributed by atoms with Gasteiger partial charge in [0.05, 0.1) is 5.69 Å². The lowest BCUT2D eigenvalue weighted by Crippen LogP contribution is -2.26. The van der Waals surface area contributed by atoms with Crippen LogP contribution >= 0.6 is 7.14 Å². The van der Waals surface area contributed by atoms with Gasteiger partial charge in [-0.05, 0) is 103 Å². The van der Waals surface area contributed by atoms with E-state index < -0.39 is 7.14 Å². The Balaban J connectivity index is 1.25. The summed E-state index contributed by atoms with van der Waals surface area (Å²) in [6.07, 6.45) is 1.93. The van der Waals surface area contributed by atoms with Crippen molar-refractivity contribution in [2.24, 2.45) is 0 Å². The van der Waals surface area contributed by atoms with Crippen LogP contribution in [0.4, 0.5) is 34.1 Å². The minimum atomic E-state index is -3.56. The van der Waals surface area contributed by atoms with Crippen molar-refractivity contribution in [2.75, 3.05) is 9.80 Å². The zero-order chi connectivity index (χ0) is 38.6. The van der Waals surface area contributed by atoms with Gasteiger partial charge in [-0.2, -0.15) is 0 Å². The number of aryl methyl sites for hydroxylation is 1. The molecule has 0 saturated carbocycles. The number of aromatic nitrogens is 1. The summed E-state index contributed by atoms with van der Waals surface area (Å²) in [4.78, 5) is 9.33. The highest BCUT2D eigenvalue weighted by Gasteiger charge is 2.32. The number of rotatable bonds is 10. The standard InChI is InChI=1S/C52H40N3OP/c1-39-18-14-20-41-38-53-52(37-51(39)41)40-19-15-31-48(34-40)57(56,49-32-16-29-46(35-49)54(42-21-6-2-7-22-42)43-23-8-3-9-24-43)50-33-17-30-47(36-50)55(44-25-10-4-11-26-44)45-27-12-5-13-28-45/h2-38H,1H3. The SMILES string of the molecule is Cc1cccc2cnc(-c3cccc(P(=O)(c4cccc(N(c5ccccc5)c5ccccc5)c4)c4cccc(N(c5ccccc5)c5ccccc5)c4)c3)cc12. The van der Waals surface area contributed by atoms with E-state index in [-0.39, 0.29) is 0 Å². The smallest absolute Gasteiger partial charge is 0.171 e. The van der Waals surface area contributed by atoms with E-state index in [4.69, 9.17) is 4.98 Å². The van der Waals surface area contributed by atoms with Gasteiger partial charge in [-0.25, -0.2) is 0 Å². The van der Waals surface area contributed by atoms with Crippen molar-refractivity contribution in [1.29, 1.82) is 0 Å². The molecule has 0 aliphatic carbocycles. The first-order valence-corrected chi connectivity index (χ1v) is 20.9. The van der Waals surface area contributed by atoms with Crippen molar-refractivity contribution < 1.29 is 4.57 Å². The van der Waals surface area contributed by atoms with Crippen LogP contribution in [0, 0.1) is 6.92 Å². The molecule has 274 valence electrons. The van der Waals surface area contributed by atoms with Gasteiger partial charge in [-0.3, -0.25) is 4.98 Å². The summed E-state index contributed by atoms with van der Waals surface area (Å²) in [5.74, 6) is 0. The molecule has 0 spiro atoms. The van der Waals surface area contributed by atoms with E-state index in [9.17, 15) is 0 Å². The van der Waals surface area contributed by atoms with Crippen LogP contribution in [0.2, 0.25) is 0 Å². The van der Waals surface area contributed by atoms with Crippen LogP contribution in [0.3, 0.4) is 0 Å². The van der Waals surface area contributed by atoms with Crippen LogP contribution in [-0.4, -0.2) is 4.98 Å². The number of pyridine rings is 1. The fraction of sp³-hybridized carbons (Fsp3) is 0.0192. The molecule has 57 heavy (non-hydrogen) atoms. The molecule has 0 saturated heterocycles. The van der Waals surface area contributed by atoms with Gasteiger partial charge in [0, 0.05) is 67.2 Å². The number of fused-ring (bicyclic) bond motifs is 1. The molecule has 0 aliphatic rings. The molecule has 5 heteroatoms. The maximum atomic E-state index is 16.7. The van der Waals surface area contributed by atoms with E-state index in [1.165, 1.54) is 5.56 Å². The summed E-state index contributed by atoms with van der Waals surface area (Å²) < 4.78 is 16.7. The molecule has 9 rings (SSSR count). The summed E-state index contributed by atoms with van der Waals surface area (Å²) in [6.45, 7) is 2.12. The first kappa shape index (κ1) is 35.7. The van der Waals surface area contributed by atoms with Gasteiger partial charge < -0.3 is 14.4 Å². The van der Waals surface area contributed by atoms with Gasteiger partial charge in [-0.1, -0.05) is 133 Å². The molecule has 0 bridgehead atoms. The number of hydrogen-bond donors (Lipinski definition) is 0. The molecule has 1 heterocycles. The topological polar surface area (TPSA) is 36.4 Å². The fourth-order valence-corrected chi connectivity index (χ4v) is 10.4. The molecule has 0 N–H and O–H groups in total. The number of nitrogens with zero attached hydrogens (tertiary/aromatic N) is 3. The Morgan fingerprint density at radius 2 is 0.807 bits per heavy atom. The highest BCUT2D eigenvalue weighted by atomic mass is 31.2. The predicted octanol–water partition coefficient (Wildman–Crippen LogP) is 12.8. The quantitative estimate of drug-likeness (QED) is 0.130. The van der Waals surface area contributed by atoms with E-state index in [2.05, 4.69) is 126 Å². The van der Waals surface area contributed by atoms with Gasteiger partial charge in [0.2, 0.25) is 0 Å². The Morgan fingerprint density at radius 3 is 1.28 bits per heavy atom. The normalized spacial score (nSPS) is 11.3. The first-order chi connectivity index (χ1) is 28.1. The van der Waals surface area contributed by atoms with Gasteiger partial charge in [-0.15, -0.1) is 0 Å². The lowest BCUT2D eigenvalue weighted by Gasteiger charge is -2.29. The number of benzene rings is 8. The summed E-state index contributed by atoms with van der Waals surface area (Å²) in [7, 11) is -3.56. The minimum absolute atomic E-state index is 0.734. The Hall–Kier alpha value is -7.00. The lowest BCUT2D eigenvalue weighted by molar-refractivity contribution is 0.592. The summed E-state index contributed by atoms with van der Waals surface area (Å²) in [6, 6.07) is 74.3. The first-order valence-electron chi connectivity index (χ1n) is 19.1. The van der Waals surface area contributed by atoms with E-state index in [0.29, 0.717) is 0 Å². The van der Waals surface area contributed by atoms with Crippen molar-refractivity contribution in [2.45, 2.75) is 6.92 Å². The molecular formula is C52H40N3OP. The van der Waals surface area contributed by atoms with Crippen molar-refractivity contribution in [1.82, 2.24) is 4.98 Å². The highest BCUT2D eigenvalue weighted by Crippen LogP contribution is 2.46. The van der Waals surface area contributed by atoms with Crippen molar-refractivity contribution in [3.63, 3.8) is 0 Å². The van der Waals surface area contributed by atoms with Gasteiger partial charge in [0.25, 0.3) is 0 Å².